The zero-order valence-corrected chi connectivity index (χ0v) is 14.4. The smallest absolute Gasteiger partial charge is 0.191 e. The summed E-state index contributed by atoms with van der Waals surface area (Å²) in [7, 11) is 0. The highest BCUT2D eigenvalue weighted by molar-refractivity contribution is 14.0. The molecule has 0 amide bonds. The van der Waals surface area contributed by atoms with Crippen LogP contribution in [0.1, 0.15) is 39.5 Å². The molecule has 3 N–H and O–H groups in total. The van der Waals surface area contributed by atoms with Crippen LogP contribution < -0.4 is 10.6 Å². The van der Waals surface area contributed by atoms with Crippen molar-refractivity contribution in [3.05, 3.63) is 0 Å². The maximum absolute atomic E-state index is 9.47. The number of aliphatic imine (C=N–C) groups is 1. The summed E-state index contributed by atoms with van der Waals surface area (Å²) in [5.74, 6) is 0.860. The minimum atomic E-state index is -0.111. The molecule has 19 heavy (non-hydrogen) atoms. The van der Waals surface area contributed by atoms with Gasteiger partial charge in [0.05, 0.1) is 19.3 Å². The van der Waals surface area contributed by atoms with Crippen LogP contribution in [0.3, 0.4) is 0 Å². The van der Waals surface area contributed by atoms with Gasteiger partial charge in [-0.1, -0.05) is 0 Å². The van der Waals surface area contributed by atoms with Crippen molar-refractivity contribution in [3.8, 4) is 0 Å². The molecule has 114 valence electrons. The summed E-state index contributed by atoms with van der Waals surface area (Å²) in [6.45, 7) is 6.98. The van der Waals surface area contributed by atoms with Gasteiger partial charge in [-0.15, -0.1) is 24.0 Å². The fourth-order valence-electron chi connectivity index (χ4n) is 2.10. The largest absolute Gasteiger partial charge is 0.393 e. The van der Waals surface area contributed by atoms with Crippen LogP contribution in [-0.4, -0.2) is 49.5 Å². The number of hydrogen-bond donors (Lipinski definition) is 3. The Balaban J connectivity index is 0.00000324. The highest BCUT2D eigenvalue weighted by Gasteiger charge is 2.19. The highest BCUT2D eigenvalue weighted by atomic mass is 127. The molecule has 0 spiro atoms. The first kappa shape index (κ1) is 18.9. The van der Waals surface area contributed by atoms with E-state index in [0.717, 1.165) is 44.8 Å². The standard InChI is InChI=1S/C13H27N3O2.HI/c1-3-14-13(15-9-10-18-4-2)16-11-5-7-12(17)8-6-11;/h11-12,17H,3-10H2,1-2H3,(H2,14,15,16);1H. The SMILES string of the molecule is CCNC(=NCCOCC)NC1CCC(O)CC1.I. The Morgan fingerprint density at radius 2 is 1.95 bits per heavy atom. The minimum Gasteiger partial charge on any atom is -0.393 e. The zero-order chi connectivity index (χ0) is 13.2. The number of nitrogens with one attached hydrogen (secondary N) is 2. The maximum Gasteiger partial charge on any atom is 0.191 e. The summed E-state index contributed by atoms with van der Waals surface area (Å²) in [6, 6.07) is 0.429. The van der Waals surface area contributed by atoms with E-state index in [1.807, 2.05) is 6.92 Å². The molecule has 5 nitrogen and oxygen atoms in total. The van der Waals surface area contributed by atoms with Crippen LogP contribution in [0.15, 0.2) is 4.99 Å². The van der Waals surface area contributed by atoms with Crippen LogP contribution in [0.4, 0.5) is 0 Å². The fourth-order valence-corrected chi connectivity index (χ4v) is 2.10. The first-order valence-corrected chi connectivity index (χ1v) is 7.06. The van der Waals surface area contributed by atoms with E-state index < -0.39 is 0 Å². The first-order chi connectivity index (χ1) is 8.76. The summed E-state index contributed by atoms with van der Waals surface area (Å²) >= 11 is 0. The third kappa shape index (κ3) is 8.65. The highest BCUT2D eigenvalue weighted by Crippen LogP contribution is 2.17. The van der Waals surface area contributed by atoms with Crippen molar-refractivity contribution in [2.45, 2.75) is 51.7 Å². The van der Waals surface area contributed by atoms with Crippen LogP contribution >= 0.6 is 24.0 Å². The molecule has 0 saturated heterocycles. The molecular weight excluding hydrogens is 357 g/mol. The van der Waals surface area contributed by atoms with Gasteiger partial charge < -0.3 is 20.5 Å². The van der Waals surface area contributed by atoms with Gasteiger partial charge in [-0.25, -0.2) is 0 Å². The van der Waals surface area contributed by atoms with Crippen LogP contribution in [0.25, 0.3) is 0 Å². The van der Waals surface area contributed by atoms with Crippen molar-refractivity contribution >= 4 is 29.9 Å². The van der Waals surface area contributed by atoms with Gasteiger partial charge in [0, 0.05) is 19.2 Å². The van der Waals surface area contributed by atoms with Gasteiger partial charge >= 0.3 is 0 Å². The second-order valence-corrected chi connectivity index (χ2v) is 4.61. The maximum atomic E-state index is 9.47. The topological polar surface area (TPSA) is 65.9 Å². The molecule has 0 aliphatic heterocycles. The van der Waals surface area contributed by atoms with Crippen molar-refractivity contribution in [2.75, 3.05) is 26.3 Å². The predicted molar refractivity (Wildman–Crippen MR) is 89.3 cm³/mol. The van der Waals surface area contributed by atoms with Crippen molar-refractivity contribution in [1.82, 2.24) is 10.6 Å². The Hall–Kier alpha value is -0.0800. The van der Waals surface area contributed by atoms with E-state index in [1.54, 1.807) is 0 Å². The van der Waals surface area contributed by atoms with Crippen molar-refractivity contribution in [2.24, 2.45) is 4.99 Å². The number of halogens is 1. The molecule has 0 heterocycles. The minimum absolute atomic E-state index is 0. The van der Waals surface area contributed by atoms with E-state index in [1.165, 1.54) is 0 Å². The van der Waals surface area contributed by atoms with Gasteiger partial charge in [-0.2, -0.15) is 0 Å². The molecule has 1 rings (SSSR count). The Labute approximate surface area is 133 Å². The molecule has 0 bridgehead atoms. The van der Waals surface area contributed by atoms with Crippen LogP contribution in [0, 0.1) is 0 Å². The molecular formula is C13H28IN3O2. The number of nitrogens with zero attached hydrogens (tertiary/aromatic N) is 1. The second kappa shape index (κ2) is 11.7. The van der Waals surface area contributed by atoms with E-state index in [9.17, 15) is 5.11 Å². The summed E-state index contributed by atoms with van der Waals surface area (Å²) in [4.78, 5) is 4.47. The molecule has 0 radical (unpaired) electrons. The Bertz CT molecular complexity index is 244. The summed E-state index contributed by atoms with van der Waals surface area (Å²) in [6.07, 6.45) is 3.68. The lowest BCUT2D eigenvalue weighted by atomic mass is 9.93. The van der Waals surface area contributed by atoms with Crippen LogP contribution in [0.2, 0.25) is 0 Å². The summed E-state index contributed by atoms with van der Waals surface area (Å²) in [5, 5.41) is 16.1. The molecule has 0 unspecified atom stereocenters. The van der Waals surface area contributed by atoms with Crippen molar-refractivity contribution < 1.29 is 9.84 Å². The second-order valence-electron chi connectivity index (χ2n) is 4.61. The van der Waals surface area contributed by atoms with E-state index in [0.29, 0.717) is 19.2 Å². The number of rotatable bonds is 6. The Morgan fingerprint density at radius 1 is 1.26 bits per heavy atom. The van der Waals surface area contributed by atoms with Crippen LogP contribution in [-0.2, 0) is 4.74 Å². The van der Waals surface area contributed by atoms with Gasteiger partial charge in [0.15, 0.2) is 5.96 Å². The fraction of sp³-hybridized carbons (Fsp3) is 0.923. The normalized spacial score (nSPS) is 23.6. The lowest BCUT2D eigenvalue weighted by Gasteiger charge is -2.27. The monoisotopic (exact) mass is 385 g/mol. The van der Waals surface area contributed by atoms with Gasteiger partial charge in [0.2, 0.25) is 0 Å². The number of guanidine groups is 1. The van der Waals surface area contributed by atoms with E-state index in [4.69, 9.17) is 4.74 Å². The van der Waals surface area contributed by atoms with Crippen molar-refractivity contribution in [3.63, 3.8) is 0 Å². The summed E-state index contributed by atoms with van der Waals surface area (Å²) in [5.41, 5.74) is 0. The quantitative estimate of drug-likeness (QED) is 0.281. The van der Waals surface area contributed by atoms with Gasteiger partial charge in [0.25, 0.3) is 0 Å². The average molecular weight is 385 g/mol. The Morgan fingerprint density at radius 3 is 2.53 bits per heavy atom. The van der Waals surface area contributed by atoms with E-state index >= 15 is 0 Å². The molecule has 1 aliphatic carbocycles. The lowest BCUT2D eigenvalue weighted by molar-refractivity contribution is 0.120. The molecule has 0 aromatic rings. The third-order valence-corrected chi connectivity index (χ3v) is 3.09. The Kier molecular flexibility index (Phi) is 11.7. The summed E-state index contributed by atoms with van der Waals surface area (Å²) < 4.78 is 5.27. The lowest BCUT2D eigenvalue weighted by Crippen LogP contribution is -2.45. The molecule has 6 heteroatoms. The van der Waals surface area contributed by atoms with Gasteiger partial charge in [-0.05, 0) is 39.5 Å². The molecule has 0 aromatic carbocycles. The van der Waals surface area contributed by atoms with Gasteiger partial charge in [0.1, 0.15) is 0 Å². The number of aliphatic hydroxyl groups is 1. The molecule has 1 fully saturated rings. The third-order valence-electron chi connectivity index (χ3n) is 3.09. The predicted octanol–water partition coefficient (Wildman–Crippen LogP) is 1.50. The van der Waals surface area contributed by atoms with E-state index in [2.05, 4.69) is 22.5 Å². The number of aliphatic hydroxyl groups excluding tert-OH is 1. The molecule has 0 atom stereocenters. The zero-order valence-electron chi connectivity index (χ0n) is 12.0. The molecule has 1 saturated carbocycles. The first-order valence-electron chi connectivity index (χ1n) is 7.06. The van der Waals surface area contributed by atoms with Crippen molar-refractivity contribution in [1.29, 1.82) is 0 Å². The number of ether oxygens (including phenoxy) is 1. The van der Waals surface area contributed by atoms with Crippen LogP contribution in [0.5, 0.6) is 0 Å². The average Bonchev–Trinajstić information content (AvgIpc) is 2.37. The molecule has 1 aliphatic rings. The molecule has 0 aromatic heterocycles. The number of hydrogen-bond acceptors (Lipinski definition) is 3. The van der Waals surface area contributed by atoms with Gasteiger partial charge in [-0.3, -0.25) is 4.99 Å². The van der Waals surface area contributed by atoms with E-state index in [-0.39, 0.29) is 30.1 Å².